The molecule has 1 saturated heterocycles. The molecule has 0 aromatic rings. The summed E-state index contributed by atoms with van der Waals surface area (Å²) < 4.78 is 5.88. The van der Waals surface area contributed by atoms with Crippen LogP contribution in [-0.4, -0.2) is 11.2 Å². The summed E-state index contributed by atoms with van der Waals surface area (Å²) >= 11 is 0. The molecule has 1 unspecified atom stereocenters. The number of hydrogen-bond acceptors (Lipinski definition) is 1. The van der Waals surface area contributed by atoms with E-state index in [2.05, 4.69) is 55.4 Å². The Morgan fingerprint density at radius 3 is 1.23 bits per heavy atom. The van der Waals surface area contributed by atoms with Crippen LogP contribution in [0.2, 0.25) is 0 Å². The topological polar surface area (TPSA) is 12.5 Å². The molecule has 0 spiro atoms. The summed E-state index contributed by atoms with van der Waals surface area (Å²) in [6.07, 6.45) is 0. The zero-order valence-corrected chi connectivity index (χ0v) is 10.4. The second-order valence-corrected chi connectivity index (χ2v) is 6.52. The Morgan fingerprint density at radius 1 is 0.846 bits per heavy atom. The van der Waals surface area contributed by atoms with Crippen molar-refractivity contribution in [3.63, 3.8) is 0 Å². The van der Waals surface area contributed by atoms with Gasteiger partial charge in [0.25, 0.3) is 0 Å². The van der Waals surface area contributed by atoms with Crippen molar-refractivity contribution in [2.24, 2.45) is 10.8 Å². The Bertz CT molecular complexity index is 220. The second kappa shape index (κ2) is 2.31. The van der Waals surface area contributed by atoms with Gasteiger partial charge in [0.15, 0.2) is 0 Å². The van der Waals surface area contributed by atoms with Crippen molar-refractivity contribution >= 4 is 0 Å². The minimum absolute atomic E-state index is 0.0260. The Morgan fingerprint density at radius 2 is 1.15 bits per heavy atom. The summed E-state index contributed by atoms with van der Waals surface area (Å²) in [6, 6.07) is 0. The van der Waals surface area contributed by atoms with Gasteiger partial charge in [0.1, 0.15) is 5.60 Å². The Balaban J connectivity index is 2.97. The highest BCUT2D eigenvalue weighted by Gasteiger charge is 2.69. The molecular formula is C12H24O. The van der Waals surface area contributed by atoms with E-state index < -0.39 is 0 Å². The van der Waals surface area contributed by atoms with E-state index in [-0.39, 0.29) is 22.0 Å². The Hall–Kier alpha value is -0.0400. The van der Waals surface area contributed by atoms with Gasteiger partial charge in [-0.25, -0.2) is 0 Å². The molecule has 0 radical (unpaired) electrons. The Labute approximate surface area is 82.9 Å². The summed E-state index contributed by atoms with van der Waals surface area (Å²) in [5, 5.41) is 0. The molecule has 0 bridgehead atoms. The molecule has 1 heterocycles. The number of epoxide rings is 1. The van der Waals surface area contributed by atoms with E-state index in [9.17, 15) is 0 Å². The van der Waals surface area contributed by atoms with E-state index in [4.69, 9.17) is 4.74 Å². The van der Waals surface area contributed by atoms with Crippen LogP contribution in [-0.2, 0) is 4.74 Å². The first-order valence-electron chi connectivity index (χ1n) is 5.16. The van der Waals surface area contributed by atoms with Crippen molar-refractivity contribution in [2.75, 3.05) is 0 Å². The van der Waals surface area contributed by atoms with Gasteiger partial charge in [-0.2, -0.15) is 0 Å². The largest absolute Gasteiger partial charge is 0.363 e. The lowest BCUT2D eigenvalue weighted by Crippen LogP contribution is -2.44. The summed E-state index contributed by atoms with van der Waals surface area (Å²) in [4.78, 5) is 0. The van der Waals surface area contributed by atoms with Crippen LogP contribution in [0.3, 0.4) is 0 Å². The van der Waals surface area contributed by atoms with E-state index in [0.29, 0.717) is 0 Å². The monoisotopic (exact) mass is 184 g/mol. The number of hydrogen-bond donors (Lipinski definition) is 0. The molecule has 1 rings (SSSR count). The summed E-state index contributed by atoms with van der Waals surface area (Å²) in [5.41, 5.74) is 0.543. The maximum atomic E-state index is 5.88. The van der Waals surface area contributed by atoms with Gasteiger partial charge < -0.3 is 4.74 Å². The first kappa shape index (κ1) is 11.0. The van der Waals surface area contributed by atoms with Crippen molar-refractivity contribution in [1.29, 1.82) is 0 Å². The molecule has 1 heteroatoms. The minimum atomic E-state index is 0.0260. The van der Waals surface area contributed by atoms with Crippen LogP contribution in [0.25, 0.3) is 0 Å². The van der Waals surface area contributed by atoms with Crippen LogP contribution in [0, 0.1) is 10.8 Å². The molecule has 0 N–H and O–H groups in total. The Kier molecular flexibility index (Phi) is 1.96. The van der Waals surface area contributed by atoms with Gasteiger partial charge in [-0.1, -0.05) is 34.6 Å². The van der Waals surface area contributed by atoms with Crippen LogP contribution in [0.15, 0.2) is 0 Å². The minimum Gasteiger partial charge on any atom is -0.363 e. The molecule has 0 saturated carbocycles. The van der Waals surface area contributed by atoms with Crippen molar-refractivity contribution in [2.45, 2.75) is 66.6 Å². The van der Waals surface area contributed by atoms with Crippen LogP contribution in [0.5, 0.6) is 0 Å². The average Bonchev–Trinajstić information content (AvgIpc) is 2.31. The van der Waals surface area contributed by atoms with Crippen LogP contribution < -0.4 is 0 Å². The molecule has 0 amide bonds. The van der Waals surface area contributed by atoms with Crippen LogP contribution >= 0.6 is 0 Å². The third kappa shape index (κ3) is 1.24. The maximum Gasteiger partial charge on any atom is 0.100 e. The van der Waals surface area contributed by atoms with E-state index >= 15 is 0 Å². The van der Waals surface area contributed by atoms with E-state index in [1.54, 1.807) is 0 Å². The van der Waals surface area contributed by atoms with Gasteiger partial charge in [0, 0.05) is 5.41 Å². The smallest absolute Gasteiger partial charge is 0.100 e. The first-order chi connectivity index (χ1) is 5.46. The average molecular weight is 184 g/mol. The predicted octanol–water partition coefficient (Wildman–Crippen LogP) is 3.63. The van der Waals surface area contributed by atoms with Crippen molar-refractivity contribution in [3.8, 4) is 0 Å². The summed E-state index contributed by atoms with van der Waals surface area (Å²) in [6.45, 7) is 18.1. The molecule has 1 aliphatic heterocycles. The lowest BCUT2D eigenvalue weighted by Gasteiger charge is -2.43. The normalized spacial score (nSPS) is 33.2. The zero-order valence-electron chi connectivity index (χ0n) is 10.4. The molecule has 1 fully saturated rings. The van der Waals surface area contributed by atoms with E-state index in [1.807, 2.05) is 0 Å². The quantitative estimate of drug-likeness (QED) is 0.567. The molecule has 0 aromatic heterocycles. The standard InChI is InChI=1S/C12H24O/c1-9(2,3)10(4,5)12(8)11(6,7)13-12/h1-8H3. The highest BCUT2D eigenvalue weighted by Crippen LogP contribution is 2.63. The van der Waals surface area contributed by atoms with E-state index in [0.717, 1.165) is 0 Å². The second-order valence-electron chi connectivity index (χ2n) is 6.52. The molecule has 1 aliphatic rings. The van der Waals surface area contributed by atoms with Gasteiger partial charge >= 0.3 is 0 Å². The molecule has 78 valence electrons. The number of rotatable bonds is 1. The molecule has 1 atom stereocenters. The first-order valence-corrected chi connectivity index (χ1v) is 5.16. The van der Waals surface area contributed by atoms with E-state index in [1.165, 1.54) is 0 Å². The lowest BCUT2D eigenvalue weighted by atomic mass is 9.59. The summed E-state index contributed by atoms with van der Waals surface area (Å²) in [7, 11) is 0. The fourth-order valence-electron chi connectivity index (χ4n) is 2.08. The fourth-order valence-corrected chi connectivity index (χ4v) is 2.08. The van der Waals surface area contributed by atoms with Gasteiger partial charge in [-0.3, -0.25) is 0 Å². The van der Waals surface area contributed by atoms with Crippen molar-refractivity contribution in [3.05, 3.63) is 0 Å². The number of ether oxygens (including phenoxy) is 1. The SMILES string of the molecule is CC(C)(C)C(C)(C)C1(C)OC1(C)C. The zero-order chi connectivity index (χ0) is 10.7. The highest BCUT2D eigenvalue weighted by molar-refractivity contribution is 5.17. The third-order valence-corrected chi connectivity index (χ3v) is 4.63. The van der Waals surface area contributed by atoms with Crippen molar-refractivity contribution in [1.82, 2.24) is 0 Å². The highest BCUT2D eigenvalue weighted by atomic mass is 16.6. The van der Waals surface area contributed by atoms with Gasteiger partial charge in [0.05, 0.1) is 5.60 Å². The molecule has 0 aliphatic carbocycles. The maximum absolute atomic E-state index is 5.88. The fraction of sp³-hybridized carbons (Fsp3) is 1.00. The van der Waals surface area contributed by atoms with Gasteiger partial charge in [-0.15, -0.1) is 0 Å². The predicted molar refractivity (Wildman–Crippen MR) is 56.8 cm³/mol. The molecule has 13 heavy (non-hydrogen) atoms. The van der Waals surface area contributed by atoms with Gasteiger partial charge in [0.2, 0.25) is 0 Å². The van der Waals surface area contributed by atoms with Crippen molar-refractivity contribution < 1.29 is 4.74 Å². The van der Waals surface area contributed by atoms with Crippen LogP contribution in [0.4, 0.5) is 0 Å². The third-order valence-electron chi connectivity index (χ3n) is 4.63. The summed E-state index contributed by atoms with van der Waals surface area (Å²) in [5.74, 6) is 0. The molecular weight excluding hydrogens is 160 g/mol. The van der Waals surface area contributed by atoms with Crippen LogP contribution in [0.1, 0.15) is 55.4 Å². The molecule has 1 nitrogen and oxygen atoms in total. The van der Waals surface area contributed by atoms with Gasteiger partial charge in [-0.05, 0) is 26.2 Å². The molecule has 0 aromatic carbocycles. The lowest BCUT2D eigenvalue weighted by molar-refractivity contribution is 0.0345.